The van der Waals surface area contributed by atoms with Gasteiger partial charge in [0.05, 0.1) is 17.4 Å². The van der Waals surface area contributed by atoms with Crippen molar-refractivity contribution in [3.05, 3.63) is 71.4 Å². The van der Waals surface area contributed by atoms with Crippen LogP contribution in [0.3, 0.4) is 0 Å². The number of amides is 1. The summed E-state index contributed by atoms with van der Waals surface area (Å²) >= 11 is 0. The van der Waals surface area contributed by atoms with Crippen molar-refractivity contribution in [1.29, 1.82) is 0 Å². The lowest BCUT2D eigenvalue weighted by atomic mass is 10.0. The zero-order valence-electron chi connectivity index (χ0n) is 18.8. The van der Waals surface area contributed by atoms with Gasteiger partial charge < -0.3 is 15.8 Å². The monoisotopic (exact) mass is 460 g/mol. The molecule has 0 atom stereocenters. The van der Waals surface area contributed by atoms with E-state index < -0.39 is 0 Å². The van der Waals surface area contributed by atoms with Gasteiger partial charge in [-0.25, -0.2) is 8.91 Å². The van der Waals surface area contributed by atoms with Crippen LogP contribution in [0, 0.1) is 12.7 Å². The van der Waals surface area contributed by atoms with Crippen molar-refractivity contribution >= 4 is 17.5 Å². The van der Waals surface area contributed by atoms with E-state index >= 15 is 0 Å². The molecule has 0 saturated heterocycles. The number of nitrogens with two attached hydrogens (primary N) is 1. The number of hydrogen-bond donors (Lipinski definition) is 2. The molecule has 3 heterocycles. The van der Waals surface area contributed by atoms with Crippen molar-refractivity contribution in [2.45, 2.75) is 45.3 Å². The van der Waals surface area contributed by atoms with E-state index in [1.54, 1.807) is 36.0 Å². The lowest BCUT2D eigenvalue weighted by Gasteiger charge is -2.17. The van der Waals surface area contributed by atoms with Crippen LogP contribution in [0.5, 0.6) is 5.75 Å². The van der Waals surface area contributed by atoms with Gasteiger partial charge in [-0.15, -0.1) is 5.10 Å². The number of anilines is 1. The molecule has 3 N–H and O–H groups in total. The number of halogens is 1. The summed E-state index contributed by atoms with van der Waals surface area (Å²) in [7, 11) is 0. The number of pyridine rings is 2. The van der Waals surface area contributed by atoms with Crippen molar-refractivity contribution in [2.75, 3.05) is 5.73 Å². The zero-order chi connectivity index (χ0) is 23.7. The number of aryl methyl sites for hydroxylation is 1. The molecule has 1 amide bonds. The van der Waals surface area contributed by atoms with Crippen LogP contribution in [0.2, 0.25) is 0 Å². The number of aromatic nitrogens is 4. The molecule has 0 bridgehead atoms. The number of carbonyl (C=O) groups excluding carboxylic acids is 1. The smallest absolute Gasteiger partial charge is 0.253 e. The topological polar surface area (TPSA) is 107 Å². The van der Waals surface area contributed by atoms with E-state index in [-0.39, 0.29) is 30.3 Å². The van der Waals surface area contributed by atoms with Crippen molar-refractivity contribution in [3.8, 4) is 16.9 Å². The summed E-state index contributed by atoms with van der Waals surface area (Å²) in [4.78, 5) is 21.6. The van der Waals surface area contributed by atoms with Crippen molar-refractivity contribution in [1.82, 2.24) is 24.9 Å². The predicted octanol–water partition coefficient (Wildman–Crippen LogP) is 4.07. The minimum Gasteiger partial charge on any atom is -0.490 e. The first kappa shape index (κ1) is 21.8. The Morgan fingerprint density at radius 1 is 1.21 bits per heavy atom. The lowest BCUT2D eigenvalue weighted by Crippen LogP contribution is -2.25. The summed E-state index contributed by atoms with van der Waals surface area (Å²) in [5.41, 5.74) is 9.50. The van der Waals surface area contributed by atoms with Gasteiger partial charge in [0.2, 0.25) is 5.95 Å². The molecule has 8 nitrogen and oxygen atoms in total. The van der Waals surface area contributed by atoms with Crippen LogP contribution < -0.4 is 15.8 Å². The van der Waals surface area contributed by atoms with Gasteiger partial charge in [0.25, 0.3) is 5.91 Å². The van der Waals surface area contributed by atoms with Gasteiger partial charge >= 0.3 is 0 Å². The minimum absolute atomic E-state index is 0.140. The van der Waals surface area contributed by atoms with Crippen molar-refractivity contribution in [3.63, 3.8) is 0 Å². The Morgan fingerprint density at radius 2 is 2.03 bits per heavy atom. The maximum absolute atomic E-state index is 13.9. The fraction of sp³-hybridized carbons (Fsp3) is 0.280. The molecule has 0 aliphatic heterocycles. The first-order chi connectivity index (χ1) is 16.5. The van der Waals surface area contributed by atoms with E-state index in [9.17, 15) is 9.18 Å². The van der Waals surface area contributed by atoms with Crippen molar-refractivity contribution < 1.29 is 13.9 Å². The molecule has 1 aliphatic carbocycles. The molecule has 1 aliphatic rings. The molecule has 0 spiro atoms. The third-order valence-corrected chi connectivity index (χ3v) is 6.08. The quantitative estimate of drug-likeness (QED) is 0.449. The van der Waals surface area contributed by atoms with Gasteiger partial charge in [-0.2, -0.15) is 4.98 Å². The van der Waals surface area contributed by atoms with Crippen LogP contribution in [0.15, 0.2) is 48.8 Å². The second kappa shape index (κ2) is 9.09. The normalized spacial score (nSPS) is 13.9. The SMILES string of the molecule is Cc1ncc(-c2ccn3nc(N)nc3c2)cc1C(=O)NCc1cc(F)ccc1OC1CCCC1. The highest BCUT2D eigenvalue weighted by Crippen LogP contribution is 2.28. The summed E-state index contributed by atoms with van der Waals surface area (Å²) in [6, 6.07) is 9.89. The summed E-state index contributed by atoms with van der Waals surface area (Å²) < 4.78 is 21.6. The molecule has 4 aromatic rings. The molecular formula is C25H25FN6O2. The average Bonchev–Trinajstić information content (AvgIpc) is 3.47. The second-order valence-electron chi connectivity index (χ2n) is 8.50. The summed E-state index contributed by atoms with van der Waals surface area (Å²) in [5, 5.41) is 6.96. The second-order valence-corrected chi connectivity index (χ2v) is 8.50. The highest BCUT2D eigenvalue weighted by Gasteiger charge is 2.19. The molecule has 3 aromatic heterocycles. The number of nitrogens with zero attached hydrogens (tertiary/aromatic N) is 4. The van der Waals surface area contributed by atoms with Crippen LogP contribution in [-0.4, -0.2) is 31.6 Å². The number of fused-ring (bicyclic) bond motifs is 1. The van der Waals surface area contributed by atoms with E-state index in [1.165, 1.54) is 12.1 Å². The Hall–Kier alpha value is -4.01. The largest absolute Gasteiger partial charge is 0.490 e. The third kappa shape index (κ3) is 4.54. The average molecular weight is 461 g/mol. The Kier molecular flexibility index (Phi) is 5.83. The van der Waals surface area contributed by atoms with E-state index in [0.717, 1.165) is 36.8 Å². The highest BCUT2D eigenvalue weighted by molar-refractivity contribution is 5.96. The Bertz CT molecular complexity index is 1360. The molecule has 174 valence electrons. The van der Waals surface area contributed by atoms with E-state index in [1.807, 2.05) is 12.1 Å². The fourth-order valence-corrected chi connectivity index (χ4v) is 4.26. The van der Waals surface area contributed by atoms with Gasteiger partial charge in [-0.1, -0.05) is 0 Å². The molecule has 5 rings (SSSR count). The maximum atomic E-state index is 13.9. The number of carbonyl (C=O) groups is 1. The molecular weight excluding hydrogens is 435 g/mol. The highest BCUT2D eigenvalue weighted by atomic mass is 19.1. The Labute approximate surface area is 196 Å². The first-order valence-electron chi connectivity index (χ1n) is 11.3. The van der Waals surface area contributed by atoms with Crippen LogP contribution in [-0.2, 0) is 6.54 Å². The number of nitrogen functional groups attached to an aromatic ring is 1. The van der Waals surface area contributed by atoms with E-state index in [0.29, 0.717) is 28.2 Å². The Balaban J connectivity index is 1.35. The molecule has 1 aromatic carbocycles. The number of benzene rings is 1. The number of ether oxygens (including phenoxy) is 1. The molecule has 1 fully saturated rings. The predicted molar refractivity (Wildman–Crippen MR) is 126 cm³/mol. The molecule has 9 heteroatoms. The van der Waals surface area contributed by atoms with Crippen molar-refractivity contribution in [2.24, 2.45) is 0 Å². The molecule has 0 radical (unpaired) electrons. The molecule has 0 unspecified atom stereocenters. The summed E-state index contributed by atoms with van der Waals surface area (Å²) in [6.07, 6.45) is 7.86. The van der Waals surface area contributed by atoms with E-state index in [4.69, 9.17) is 10.5 Å². The van der Waals surface area contributed by atoms with Crippen LogP contribution in [0.25, 0.3) is 16.8 Å². The van der Waals surface area contributed by atoms with Gasteiger partial charge in [0, 0.05) is 30.1 Å². The molecule has 34 heavy (non-hydrogen) atoms. The third-order valence-electron chi connectivity index (χ3n) is 6.08. The van der Waals surface area contributed by atoms with Gasteiger partial charge in [0.15, 0.2) is 5.65 Å². The van der Waals surface area contributed by atoms with E-state index in [2.05, 4.69) is 20.4 Å². The first-order valence-corrected chi connectivity index (χ1v) is 11.3. The Morgan fingerprint density at radius 3 is 2.85 bits per heavy atom. The standard InChI is InChI=1S/C25H25FN6O2/c1-15-21(11-17(13-28-15)16-8-9-32-23(12-16)30-25(27)31-32)24(33)29-14-18-10-19(26)6-7-22(18)34-20-4-2-3-5-20/h6-13,20H,2-5,14H2,1H3,(H2,27,31)(H,29,33). The van der Waals surface area contributed by atoms with Crippen LogP contribution >= 0.6 is 0 Å². The summed E-state index contributed by atoms with van der Waals surface area (Å²) in [6.45, 7) is 1.92. The molecule has 1 saturated carbocycles. The maximum Gasteiger partial charge on any atom is 0.253 e. The number of hydrogen-bond acceptors (Lipinski definition) is 6. The fourth-order valence-electron chi connectivity index (χ4n) is 4.26. The number of nitrogens with one attached hydrogen (secondary N) is 1. The van der Waals surface area contributed by atoms with Crippen LogP contribution in [0.4, 0.5) is 10.3 Å². The van der Waals surface area contributed by atoms with Gasteiger partial charge in [-0.05, 0) is 74.6 Å². The zero-order valence-corrected chi connectivity index (χ0v) is 18.8. The minimum atomic E-state index is -0.368. The van der Waals surface area contributed by atoms with Crippen LogP contribution in [0.1, 0.15) is 47.3 Å². The number of rotatable bonds is 6. The summed E-state index contributed by atoms with van der Waals surface area (Å²) in [5.74, 6) is 0.133. The lowest BCUT2D eigenvalue weighted by molar-refractivity contribution is 0.0949. The van der Waals surface area contributed by atoms with Gasteiger partial charge in [0.1, 0.15) is 11.6 Å². The van der Waals surface area contributed by atoms with Gasteiger partial charge in [-0.3, -0.25) is 9.78 Å².